The van der Waals surface area contributed by atoms with Gasteiger partial charge in [-0.1, -0.05) is 13.8 Å². The Kier molecular flexibility index (Phi) is 2.41. The van der Waals surface area contributed by atoms with E-state index in [0.29, 0.717) is 6.04 Å². The first-order valence-corrected chi connectivity index (χ1v) is 6.85. The topological polar surface area (TPSA) is 25.2 Å². The SMILES string of the molecule is CC(C1CC1)n1ccc2c1CC(C)(C)CC2O. The fourth-order valence-corrected chi connectivity index (χ4v) is 3.34. The molecule has 1 saturated carbocycles. The van der Waals surface area contributed by atoms with Crippen molar-refractivity contribution < 1.29 is 5.11 Å². The molecule has 1 heterocycles. The highest BCUT2D eigenvalue weighted by atomic mass is 16.3. The third-order valence-electron chi connectivity index (χ3n) is 4.55. The maximum atomic E-state index is 10.2. The molecule has 0 amide bonds. The average molecular weight is 233 g/mol. The van der Waals surface area contributed by atoms with E-state index >= 15 is 0 Å². The third-order valence-corrected chi connectivity index (χ3v) is 4.55. The molecular formula is C15H23NO. The number of nitrogens with zero attached hydrogens (tertiary/aromatic N) is 1. The summed E-state index contributed by atoms with van der Waals surface area (Å²) in [4.78, 5) is 0. The second-order valence-electron chi connectivity index (χ2n) is 6.76. The van der Waals surface area contributed by atoms with E-state index in [-0.39, 0.29) is 11.5 Å². The van der Waals surface area contributed by atoms with Gasteiger partial charge in [-0.2, -0.15) is 0 Å². The van der Waals surface area contributed by atoms with E-state index in [9.17, 15) is 5.11 Å². The van der Waals surface area contributed by atoms with Crippen molar-refractivity contribution in [2.24, 2.45) is 11.3 Å². The summed E-state index contributed by atoms with van der Waals surface area (Å²) < 4.78 is 2.43. The van der Waals surface area contributed by atoms with Crippen LogP contribution in [-0.4, -0.2) is 9.67 Å². The molecule has 94 valence electrons. The monoisotopic (exact) mass is 233 g/mol. The van der Waals surface area contributed by atoms with Gasteiger partial charge in [0.05, 0.1) is 6.10 Å². The molecule has 2 nitrogen and oxygen atoms in total. The lowest BCUT2D eigenvalue weighted by molar-refractivity contribution is 0.0973. The largest absolute Gasteiger partial charge is 0.388 e. The van der Waals surface area contributed by atoms with E-state index in [4.69, 9.17) is 0 Å². The Morgan fingerprint density at radius 2 is 2.12 bits per heavy atom. The Morgan fingerprint density at radius 3 is 2.76 bits per heavy atom. The second kappa shape index (κ2) is 3.61. The summed E-state index contributed by atoms with van der Waals surface area (Å²) in [5.41, 5.74) is 2.79. The van der Waals surface area contributed by atoms with Crippen LogP contribution < -0.4 is 0 Å². The number of fused-ring (bicyclic) bond motifs is 1. The molecule has 1 N–H and O–H groups in total. The molecule has 2 aliphatic carbocycles. The van der Waals surface area contributed by atoms with Gasteiger partial charge in [0.1, 0.15) is 0 Å². The third kappa shape index (κ3) is 1.93. The molecule has 0 saturated heterocycles. The van der Waals surface area contributed by atoms with Gasteiger partial charge in [-0.15, -0.1) is 0 Å². The molecule has 0 aliphatic heterocycles. The molecule has 1 fully saturated rings. The van der Waals surface area contributed by atoms with Crippen LogP contribution in [0.5, 0.6) is 0 Å². The minimum absolute atomic E-state index is 0.228. The lowest BCUT2D eigenvalue weighted by atomic mass is 9.75. The van der Waals surface area contributed by atoms with Crippen molar-refractivity contribution in [1.29, 1.82) is 0 Å². The van der Waals surface area contributed by atoms with E-state index in [0.717, 1.165) is 18.8 Å². The van der Waals surface area contributed by atoms with Gasteiger partial charge in [-0.3, -0.25) is 0 Å². The number of aliphatic hydroxyl groups excluding tert-OH is 1. The quantitative estimate of drug-likeness (QED) is 0.831. The van der Waals surface area contributed by atoms with E-state index < -0.39 is 0 Å². The molecular weight excluding hydrogens is 210 g/mol. The number of hydrogen-bond acceptors (Lipinski definition) is 1. The Morgan fingerprint density at radius 1 is 1.41 bits per heavy atom. The highest BCUT2D eigenvalue weighted by molar-refractivity contribution is 5.30. The Balaban J connectivity index is 1.97. The second-order valence-corrected chi connectivity index (χ2v) is 6.76. The molecule has 2 heteroatoms. The summed E-state index contributed by atoms with van der Waals surface area (Å²) in [6.45, 7) is 6.85. The summed E-state index contributed by atoms with van der Waals surface area (Å²) in [6, 6.07) is 2.74. The van der Waals surface area contributed by atoms with Crippen LogP contribution in [0, 0.1) is 11.3 Å². The molecule has 17 heavy (non-hydrogen) atoms. The molecule has 1 aromatic rings. The Hall–Kier alpha value is -0.760. The van der Waals surface area contributed by atoms with E-state index in [1.807, 2.05) is 0 Å². The van der Waals surface area contributed by atoms with Gasteiger partial charge >= 0.3 is 0 Å². The zero-order valence-corrected chi connectivity index (χ0v) is 11.1. The number of hydrogen-bond donors (Lipinski definition) is 1. The van der Waals surface area contributed by atoms with E-state index in [2.05, 4.69) is 37.6 Å². The first kappa shape index (κ1) is 11.3. The molecule has 1 aromatic heterocycles. The maximum Gasteiger partial charge on any atom is 0.0812 e. The highest BCUT2D eigenvalue weighted by Crippen LogP contribution is 2.45. The van der Waals surface area contributed by atoms with Crippen molar-refractivity contribution in [2.45, 2.75) is 58.6 Å². The summed E-state index contributed by atoms with van der Waals surface area (Å²) in [7, 11) is 0. The van der Waals surface area contributed by atoms with Crippen LogP contribution in [0.15, 0.2) is 12.3 Å². The van der Waals surface area contributed by atoms with Crippen LogP contribution >= 0.6 is 0 Å². The summed E-state index contributed by atoms with van der Waals surface area (Å²) in [6.07, 6.45) is 6.67. The number of aliphatic hydroxyl groups is 1. The molecule has 0 bridgehead atoms. The fraction of sp³-hybridized carbons (Fsp3) is 0.733. The van der Waals surface area contributed by atoms with Crippen LogP contribution in [0.3, 0.4) is 0 Å². The van der Waals surface area contributed by atoms with Crippen LogP contribution in [0.1, 0.15) is 63.4 Å². The van der Waals surface area contributed by atoms with Crippen molar-refractivity contribution in [3.05, 3.63) is 23.5 Å². The summed E-state index contributed by atoms with van der Waals surface area (Å²) >= 11 is 0. The van der Waals surface area contributed by atoms with Crippen molar-refractivity contribution in [2.75, 3.05) is 0 Å². The zero-order valence-electron chi connectivity index (χ0n) is 11.1. The van der Waals surface area contributed by atoms with E-state index in [1.54, 1.807) is 0 Å². The summed E-state index contributed by atoms with van der Waals surface area (Å²) in [5.74, 6) is 0.869. The summed E-state index contributed by atoms with van der Waals surface area (Å²) in [5, 5.41) is 10.2. The van der Waals surface area contributed by atoms with Crippen molar-refractivity contribution in [1.82, 2.24) is 4.57 Å². The van der Waals surface area contributed by atoms with Gasteiger partial charge < -0.3 is 9.67 Å². The minimum Gasteiger partial charge on any atom is -0.388 e. The van der Waals surface area contributed by atoms with Crippen molar-refractivity contribution in [3.8, 4) is 0 Å². The molecule has 3 rings (SSSR count). The van der Waals surface area contributed by atoms with Crippen LogP contribution in [0.25, 0.3) is 0 Å². The molecule has 2 unspecified atom stereocenters. The molecule has 0 aromatic carbocycles. The predicted molar refractivity (Wildman–Crippen MR) is 68.9 cm³/mol. The van der Waals surface area contributed by atoms with Gasteiger partial charge in [-0.25, -0.2) is 0 Å². The maximum absolute atomic E-state index is 10.2. The highest BCUT2D eigenvalue weighted by Gasteiger charge is 2.36. The van der Waals surface area contributed by atoms with Crippen LogP contribution in [-0.2, 0) is 6.42 Å². The van der Waals surface area contributed by atoms with Gasteiger partial charge in [0.2, 0.25) is 0 Å². The first-order chi connectivity index (χ1) is 7.98. The Labute approximate surface area is 104 Å². The lowest BCUT2D eigenvalue weighted by Gasteiger charge is -2.34. The standard InChI is InChI=1S/C15H23NO/c1-10(11-4-5-11)16-7-6-12-13(16)8-15(2,3)9-14(12)17/h6-7,10-11,14,17H,4-5,8-9H2,1-3H3. The normalized spacial score (nSPS) is 28.8. The van der Waals surface area contributed by atoms with Crippen LogP contribution in [0.2, 0.25) is 0 Å². The molecule has 2 aliphatic rings. The van der Waals surface area contributed by atoms with Gasteiger partial charge in [-0.05, 0) is 50.0 Å². The van der Waals surface area contributed by atoms with E-state index in [1.165, 1.54) is 24.1 Å². The molecule has 0 radical (unpaired) electrons. The fourth-order valence-electron chi connectivity index (χ4n) is 3.34. The average Bonchev–Trinajstić information content (AvgIpc) is 2.97. The van der Waals surface area contributed by atoms with Gasteiger partial charge in [0.25, 0.3) is 0 Å². The molecule has 2 atom stereocenters. The van der Waals surface area contributed by atoms with Crippen molar-refractivity contribution >= 4 is 0 Å². The van der Waals surface area contributed by atoms with Crippen molar-refractivity contribution in [3.63, 3.8) is 0 Å². The zero-order chi connectivity index (χ0) is 12.2. The van der Waals surface area contributed by atoms with Gasteiger partial charge in [0.15, 0.2) is 0 Å². The lowest BCUT2D eigenvalue weighted by Crippen LogP contribution is -2.27. The Bertz CT molecular complexity index is 428. The smallest absolute Gasteiger partial charge is 0.0812 e. The molecule has 0 spiro atoms. The predicted octanol–water partition coefficient (Wildman–Crippen LogP) is 3.46. The van der Waals surface area contributed by atoms with Crippen LogP contribution in [0.4, 0.5) is 0 Å². The minimum atomic E-state index is -0.263. The first-order valence-electron chi connectivity index (χ1n) is 6.85. The van der Waals surface area contributed by atoms with Gasteiger partial charge in [0, 0.05) is 23.5 Å². The number of aromatic nitrogens is 1. The number of rotatable bonds is 2.